The van der Waals surface area contributed by atoms with Gasteiger partial charge < -0.3 is 10.2 Å². The first kappa shape index (κ1) is 14.6. The van der Waals surface area contributed by atoms with Gasteiger partial charge in [-0.3, -0.25) is 9.89 Å². The minimum atomic E-state index is -0.0966. The lowest BCUT2D eigenvalue weighted by atomic mass is 10.1. The summed E-state index contributed by atoms with van der Waals surface area (Å²) in [4.78, 5) is 19.3. The van der Waals surface area contributed by atoms with Gasteiger partial charge in [0, 0.05) is 31.0 Å². The van der Waals surface area contributed by atoms with Crippen LogP contribution in [0.15, 0.2) is 30.7 Å². The zero-order chi connectivity index (χ0) is 15.4. The van der Waals surface area contributed by atoms with Crippen LogP contribution < -0.4 is 10.2 Å². The van der Waals surface area contributed by atoms with Crippen LogP contribution in [-0.2, 0) is 0 Å². The van der Waals surface area contributed by atoms with E-state index in [1.165, 1.54) is 6.42 Å². The number of hydrogen-bond donors (Lipinski definition) is 2. The molecule has 1 unspecified atom stereocenters. The third-order valence-electron chi connectivity index (χ3n) is 4.05. The molecule has 1 aliphatic rings. The van der Waals surface area contributed by atoms with E-state index in [2.05, 4.69) is 25.4 Å². The Bertz CT molecular complexity index is 619. The zero-order valence-corrected chi connectivity index (χ0v) is 12.7. The molecule has 1 amide bonds. The Hall–Kier alpha value is -2.37. The molecule has 1 atom stereocenters. The highest BCUT2D eigenvalue weighted by Gasteiger charge is 2.21. The first-order valence-electron chi connectivity index (χ1n) is 7.75. The second kappa shape index (κ2) is 6.60. The molecule has 0 bridgehead atoms. The molecule has 6 heteroatoms. The van der Waals surface area contributed by atoms with Gasteiger partial charge >= 0.3 is 0 Å². The smallest absolute Gasteiger partial charge is 0.255 e. The molecule has 1 aliphatic heterocycles. The summed E-state index contributed by atoms with van der Waals surface area (Å²) in [6.07, 6.45) is 8.83. The Morgan fingerprint density at radius 3 is 2.91 bits per heavy atom. The second-order valence-corrected chi connectivity index (χ2v) is 5.65. The van der Waals surface area contributed by atoms with Gasteiger partial charge in [-0.25, -0.2) is 4.98 Å². The van der Waals surface area contributed by atoms with Gasteiger partial charge in [0.25, 0.3) is 5.91 Å². The van der Waals surface area contributed by atoms with Crippen molar-refractivity contribution in [3.8, 4) is 0 Å². The number of nitrogens with one attached hydrogen (secondary N) is 2. The maximum Gasteiger partial charge on any atom is 0.255 e. The van der Waals surface area contributed by atoms with Gasteiger partial charge in [0.05, 0.1) is 17.8 Å². The molecule has 2 aromatic rings. The van der Waals surface area contributed by atoms with E-state index in [-0.39, 0.29) is 11.9 Å². The molecule has 116 valence electrons. The van der Waals surface area contributed by atoms with Crippen molar-refractivity contribution in [3.05, 3.63) is 41.9 Å². The van der Waals surface area contributed by atoms with Crippen molar-refractivity contribution in [1.82, 2.24) is 20.5 Å². The summed E-state index contributed by atoms with van der Waals surface area (Å²) in [7, 11) is 0. The van der Waals surface area contributed by atoms with Crippen molar-refractivity contribution in [3.63, 3.8) is 0 Å². The molecule has 3 rings (SSSR count). The Balaban J connectivity index is 1.77. The van der Waals surface area contributed by atoms with Crippen molar-refractivity contribution < 1.29 is 4.79 Å². The van der Waals surface area contributed by atoms with Crippen molar-refractivity contribution in [2.24, 2.45) is 0 Å². The molecule has 6 nitrogen and oxygen atoms in total. The van der Waals surface area contributed by atoms with Crippen LogP contribution in [0.25, 0.3) is 0 Å². The summed E-state index contributed by atoms with van der Waals surface area (Å²) in [5, 5.41) is 9.69. The number of H-pyrrole nitrogens is 1. The number of nitrogens with zero attached hydrogens (tertiary/aromatic N) is 3. The largest absolute Gasteiger partial charge is 0.356 e. The molecule has 22 heavy (non-hydrogen) atoms. The molecular formula is C16H21N5O. The molecule has 2 aromatic heterocycles. The van der Waals surface area contributed by atoms with Crippen LogP contribution in [0.3, 0.4) is 0 Å². The number of carbonyl (C=O) groups is 1. The number of pyridine rings is 1. The summed E-state index contributed by atoms with van der Waals surface area (Å²) < 4.78 is 0. The lowest BCUT2D eigenvalue weighted by Crippen LogP contribution is -2.34. The van der Waals surface area contributed by atoms with Gasteiger partial charge in [-0.15, -0.1) is 0 Å². The van der Waals surface area contributed by atoms with Gasteiger partial charge in [-0.05, 0) is 38.3 Å². The third kappa shape index (κ3) is 3.10. The summed E-state index contributed by atoms with van der Waals surface area (Å²) in [6.45, 7) is 3.88. The number of anilines is 1. The number of rotatable bonds is 4. The highest BCUT2D eigenvalue weighted by atomic mass is 16.1. The van der Waals surface area contributed by atoms with E-state index in [9.17, 15) is 4.79 Å². The molecular weight excluding hydrogens is 278 g/mol. The minimum absolute atomic E-state index is 0.0950. The Labute approximate surface area is 129 Å². The van der Waals surface area contributed by atoms with E-state index in [0.29, 0.717) is 5.56 Å². The molecule has 0 saturated carbocycles. The van der Waals surface area contributed by atoms with Crippen LogP contribution in [0, 0.1) is 0 Å². The lowest BCUT2D eigenvalue weighted by molar-refractivity contribution is 0.0940. The molecule has 1 fully saturated rings. The highest BCUT2D eigenvalue weighted by Crippen LogP contribution is 2.22. The van der Waals surface area contributed by atoms with E-state index >= 15 is 0 Å². The zero-order valence-electron chi connectivity index (χ0n) is 12.7. The molecule has 0 aromatic carbocycles. The number of piperidine rings is 1. The molecule has 2 N–H and O–H groups in total. The molecule has 0 spiro atoms. The van der Waals surface area contributed by atoms with Crippen molar-refractivity contribution in [2.45, 2.75) is 32.2 Å². The van der Waals surface area contributed by atoms with Gasteiger partial charge in [0.1, 0.15) is 5.82 Å². The fraction of sp³-hybridized carbons (Fsp3) is 0.438. The number of carbonyl (C=O) groups excluding carboxylic acids is 1. The van der Waals surface area contributed by atoms with Crippen molar-refractivity contribution >= 4 is 11.7 Å². The molecule has 0 radical (unpaired) electrons. The fourth-order valence-electron chi connectivity index (χ4n) is 2.79. The number of amides is 1. The predicted octanol–water partition coefficient (Wildman–Crippen LogP) is 2.29. The standard InChI is InChI=1S/C16H21N5O/c1-12(13-10-18-19-11-13)20-16(22)14-6-5-7-17-15(14)21-8-3-2-4-9-21/h5-7,10-12H,2-4,8-9H2,1H3,(H,18,19)(H,20,22). The maximum absolute atomic E-state index is 12.6. The van der Waals surface area contributed by atoms with Gasteiger partial charge in [0.2, 0.25) is 0 Å². The van der Waals surface area contributed by atoms with Gasteiger partial charge in [-0.2, -0.15) is 5.10 Å². The SMILES string of the molecule is CC(NC(=O)c1cccnc1N1CCCCC1)c1cn[nH]c1. The number of aromatic amines is 1. The predicted molar refractivity (Wildman–Crippen MR) is 84.8 cm³/mol. The average Bonchev–Trinajstić information content (AvgIpc) is 3.10. The lowest BCUT2D eigenvalue weighted by Gasteiger charge is -2.29. The molecule has 0 aliphatic carbocycles. The molecule has 1 saturated heterocycles. The quantitative estimate of drug-likeness (QED) is 0.908. The summed E-state index contributed by atoms with van der Waals surface area (Å²) >= 11 is 0. The second-order valence-electron chi connectivity index (χ2n) is 5.65. The van der Waals surface area contributed by atoms with Crippen LogP contribution in [0.4, 0.5) is 5.82 Å². The summed E-state index contributed by atoms with van der Waals surface area (Å²) in [6, 6.07) is 3.56. The minimum Gasteiger partial charge on any atom is -0.356 e. The van der Waals surface area contributed by atoms with Crippen molar-refractivity contribution in [2.75, 3.05) is 18.0 Å². The van der Waals surface area contributed by atoms with E-state index in [0.717, 1.165) is 37.3 Å². The van der Waals surface area contributed by atoms with Gasteiger partial charge in [0.15, 0.2) is 0 Å². The number of hydrogen-bond acceptors (Lipinski definition) is 4. The van der Waals surface area contributed by atoms with E-state index in [1.807, 2.05) is 19.1 Å². The van der Waals surface area contributed by atoms with Crippen LogP contribution in [-0.4, -0.2) is 34.2 Å². The number of aromatic nitrogens is 3. The normalized spacial score (nSPS) is 16.3. The van der Waals surface area contributed by atoms with Crippen molar-refractivity contribution in [1.29, 1.82) is 0 Å². The maximum atomic E-state index is 12.6. The molecule has 3 heterocycles. The highest BCUT2D eigenvalue weighted by molar-refractivity contribution is 5.99. The average molecular weight is 299 g/mol. The van der Waals surface area contributed by atoms with Gasteiger partial charge in [-0.1, -0.05) is 0 Å². The van der Waals surface area contributed by atoms with E-state index < -0.39 is 0 Å². The summed E-state index contributed by atoms with van der Waals surface area (Å²) in [5.74, 6) is 0.696. The Kier molecular flexibility index (Phi) is 4.37. The van der Waals surface area contributed by atoms with Crippen LogP contribution in [0.5, 0.6) is 0 Å². The van der Waals surface area contributed by atoms with Crippen LogP contribution >= 0.6 is 0 Å². The third-order valence-corrected chi connectivity index (χ3v) is 4.05. The van der Waals surface area contributed by atoms with E-state index in [1.54, 1.807) is 18.6 Å². The first-order chi connectivity index (χ1) is 10.8. The van der Waals surface area contributed by atoms with Crippen LogP contribution in [0.1, 0.15) is 48.1 Å². The monoisotopic (exact) mass is 299 g/mol. The van der Waals surface area contributed by atoms with Crippen LogP contribution in [0.2, 0.25) is 0 Å². The Morgan fingerprint density at radius 2 is 2.18 bits per heavy atom. The van der Waals surface area contributed by atoms with E-state index in [4.69, 9.17) is 0 Å². The Morgan fingerprint density at radius 1 is 1.36 bits per heavy atom. The fourth-order valence-corrected chi connectivity index (χ4v) is 2.79. The first-order valence-corrected chi connectivity index (χ1v) is 7.75. The topological polar surface area (TPSA) is 73.9 Å². The summed E-state index contributed by atoms with van der Waals surface area (Å²) in [5.41, 5.74) is 1.59.